The molecule has 0 amide bonds. The van der Waals surface area contributed by atoms with Crippen LogP contribution >= 0.6 is 0 Å². The summed E-state index contributed by atoms with van der Waals surface area (Å²) in [7, 11) is 0. The predicted molar refractivity (Wildman–Crippen MR) is 63.9 cm³/mol. The monoisotopic (exact) mass is 238 g/mol. The third-order valence-electron chi connectivity index (χ3n) is 2.86. The first-order chi connectivity index (χ1) is 8.22. The van der Waals surface area contributed by atoms with E-state index in [-0.39, 0.29) is 5.52 Å². The number of aromatic amines is 1. The van der Waals surface area contributed by atoms with Crippen molar-refractivity contribution in [3.8, 4) is 0 Å². The molecule has 0 aliphatic heterocycles. The van der Waals surface area contributed by atoms with Gasteiger partial charge in [-0.3, -0.25) is 0 Å². The number of unbranched alkanes of at least 4 members (excludes halogenated alkanes) is 3. The molecule has 4 heteroatoms. The molecule has 17 heavy (non-hydrogen) atoms. The molecule has 1 aromatic carbocycles. The Morgan fingerprint density at radius 1 is 1.18 bits per heavy atom. The van der Waals surface area contributed by atoms with Crippen LogP contribution in [-0.2, 0) is 6.42 Å². The third-order valence-corrected chi connectivity index (χ3v) is 2.86. The van der Waals surface area contributed by atoms with E-state index in [1.54, 1.807) is 0 Å². The normalized spacial score (nSPS) is 11.2. The van der Waals surface area contributed by atoms with Crippen molar-refractivity contribution < 1.29 is 8.78 Å². The van der Waals surface area contributed by atoms with Gasteiger partial charge in [-0.2, -0.15) is 0 Å². The van der Waals surface area contributed by atoms with E-state index >= 15 is 0 Å². The van der Waals surface area contributed by atoms with Crippen molar-refractivity contribution in [2.75, 3.05) is 0 Å². The molecule has 1 N–H and O–H groups in total. The molecule has 0 fully saturated rings. The highest BCUT2D eigenvalue weighted by Crippen LogP contribution is 2.18. The molecule has 0 saturated carbocycles. The molecule has 0 aliphatic carbocycles. The molecule has 0 atom stereocenters. The maximum absolute atomic E-state index is 13.4. The molecular weight excluding hydrogens is 222 g/mol. The molecule has 0 bridgehead atoms. The number of H-pyrrole nitrogens is 1. The first-order valence-electron chi connectivity index (χ1n) is 6.05. The largest absolute Gasteiger partial charge is 0.342 e. The Hall–Kier alpha value is -1.45. The van der Waals surface area contributed by atoms with E-state index in [1.807, 2.05) is 0 Å². The summed E-state index contributed by atoms with van der Waals surface area (Å²) in [6.07, 6.45) is 5.33. The van der Waals surface area contributed by atoms with E-state index in [0.717, 1.165) is 31.2 Å². The lowest BCUT2D eigenvalue weighted by atomic mass is 10.1. The molecular formula is C13H16F2N2. The average Bonchev–Trinajstić information content (AvgIpc) is 2.74. The molecule has 92 valence electrons. The van der Waals surface area contributed by atoms with Crippen LogP contribution in [0.1, 0.15) is 38.4 Å². The smallest absolute Gasteiger partial charge is 0.186 e. The number of benzene rings is 1. The van der Waals surface area contributed by atoms with E-state index in [1.165, 1.54) is 18.9 Å². The number of fused-ring (bicyclic) bond motifs is 1. The maximum atomic E-state index is 13.4. The quantitative estimate of drug-likeness (QED) is 0.784. The number of nitrogens with one attached hydrogen (secondary N) is 1. The highest BCUT2D eigenvalue weighted by atomic mass is 19.2. The summed E-state index contributed by atoms with van der Waals surface area (Å²) in [5.74, 6) is -0.972. The van der Waals surface area contributed by atoms with Crippen LogP contribution in [-0.4, -0.2) is 9.97 Å². The Morgan fingerprint density at radius 2 is 2.00 bits per heavy atom. The lowest BCUT2D eigenvalue weighted by Crippen LogP contribution is -1.88. The first-order valence-corrected chi connectivity index (χ1v) is 6.05. The van der Waals surface area contributed by atoms with Crippen molar-refractivity contribution in [3.63, 3.8) is 0 Å². The van der Waals surface area contributed by atoms with Crippen molar-refractivity contribution in [3.05, 3.63) is 29.6 Å². The molecule has 0 saturated heterocycles. The highest BCUT2D eigenvalue weighted by Gasteiger charge is 2.11. The van der Waals surface area contributed by atoms with Gasteiger partial charge in [0, 0.05) is 6.42 Å². The zero-order chi connectivity index (χ0) is 12.3. The van der Waals surface area contributed by atoms with Crippen LogP contribution in [0.2, 0.25) is 0 Å². The minimum absolute atomic E-state index is 0.107. The highest BCUT2D eigenvalue weighted by molar-refractivity contribution is 5.75. The van der Waals surface area contributed by atoms with Crippen LogP contribution < -0.4 is 0 Å². The van der Waals surface area contributed by atoms with Gasteiger partial charge in [-0.25, -0.2) is 13.8 Å². The first kappa shape index (κ1) is 12.0. The number of aryl methyl sites for hydroxylation is 1. The summed E-state index contributed by atoms with van der Waals surface area (Å²) in [6, 6.07) is 2.65. The van der Waals surface area contributed by atoms with Gasteiger partial charge >= 0.3 is 0 Å². The van der Waals surface area contributed by atoms with Crippen molar-refractivity contribution in [2.24, 2.45) is 0 Å². The van der Waals surface area contributed by atoms with E-state index in [2.05, 4.69) is 16.9 Å². The number of hydrogen-bond donors (Lipinski definition) is 1. The number of imidazole rings is 1. The van der Waals surface area contributed by atoms with Gasteiger partial charge in [0.15, 0.2) is 11.6 Å². The Kier molecular flexibility index (Phi) is 3.71. The fraction of sp³-hybridized carbons (Fsp3) is 0.462. The summed E-state index contributed by atoms with van der Waals surface area (Å²) in [4.78, 5) is 7.12. The zero-order valence-corrected chi connectivity index (χ0v) is 9.89. The van der Waals surface area contributed by atoms with Crippen LogP contribution in [0.4, 0.5) is 8.78 Å². The fourth-order valence-electron chi connectivity index (χ4n) is 1.91. The average molecular weight is 238 g/mol. The standard InChI is InChI=1S/C13H16F2N2/c1-2-3-4-5-6-11-16-10-8-7-9(14)12(15)13(10)17-11/h7-8H,2-6H2,1H3,(H,16,17). The maximum Gasteiger partial charge on any atom is 0.186 e. The van der Waals surface area contributed by atoms with E-state index in [4.69, 9.17) is 0 Å². The van der Waals surface area contributed by atoms with Gasteiger partial charge in [0.25, 0.3) is 0 Å². The minimum Gasteiger partial charge on any atom is -0.342 e. The fourth-order valence-corrected chi connectivity index (χ4v) is 1.91. The molecule has 1 heterocycles. The van der Waals surface area contributed by atoms with Crippen molar-refractivity contribution >= 4 is 11.0 Å². The Balaban J connectivity index is 2.12. The van der Waals surface area contributed by atoms with E-state index in [0.29, 0.717) is 5.52 Å². The van der Waals surface area contributed by atoms with Crippen molar-refractivity contribution in [2.45, 2.75) is 39.0 Å². The minimum atomic E-state index is -0.862. The number of halogens is 2. The number of aromatic nitrogens is 2. The molecule has 0 radical (unpaired) electrons. The summed E-state index contributed by atoms with van der Waals surface area (Å²) < 4.78 is 26.4. The van der Waals surface area contributed by atoms with E-state index < -0.39 is 11.6 Å². The van der Waals surface area contributed by atoms with Gasteiger partial charge in [0.05, 0.1) is 5.52 Å². The Morgan fingerprint density at radius 3 is 2.76 bits per heavy atom. The van der Waals surface area contributed by atoms with Crippen molar-refractivity contribution in [1.82, 2.24) is 9.97 Å². The predicted octanol–water partition coefficient (Wildman–Crippen LogP) is 3.96. The van der Waals surface area contributed by atoms with Crippen LogP contribution in [0.15, 0.2) is 12.1 Å². The zero-order valence-electron chi connectivity index (χ0n) is 9.89. The number of hydrogen-bond acceptors (Lipinski definition) is 1. The van der Waals surface area contributed by atoms with E-state index in [9.17, 15) is 8.78 Å². The van der Waals surface area contributed by atoms with Gasteiger partial charge in [0.1, 0.15) is 11.3 Å². The van der Waals surface area contributed by atoms with Gasteiger partial charge in [-0.1, -0.05) is 26.2 Å². The molecule has 1 aromatic heterocycles. The van der Waals surface area contributed by atoms with Crippen LogP contribution in [0.3, 0.4) is 0 Å². The second kappa shape index (κ2) is 5.25. The van der Waals surface area contributed by atoms with Gasteiger partial charge in [0.2, 0.25) is 0 Å². The van der Waals surface area contributed by atoms with Gasteiger partial charge < -0.3 is 4.98 Å². The molecule has 2 aromatic rings. The lowest BCUT2D eigenvalue weighted by Gasteiger charge is -1.95. The Bertz CT molecular complexity index is 505. The number of rotatable bonds is 5. The molecule has 0 aliphatic rings. The molecule has 2 nitrogen and oxygen atoms in total. The summed E-state index contributed by atoms with van der Waals surface area (Å²) >= 11 is 0. The molecule has 2 rings (SSSR count). The summed E-state index contributed by atoms with van der Waals surface area (Å²) in [5, 5.41) is 0. The SMILES string of the molecule is CCCCCCc1nc2c(F)c(F)ccc2[nH]1. The van der Waals surface area contributed by atoms with Crippen LogP contribution in [0.5, 0.6) is 0 Å². The van der Waals surface area contributed by atoms with Crippen molar-refractivity contribution in [1.29, 1.82) is 0 Å². The third kappa shape index (κ3) is 2.62. The summed E-state index contributed by atoms with van der Waals surface area (Å²) in [6.45, 7) is 2.15. The second-order valence-electron chi connectivity index (χ2n) is 4.25. The topological polar surface area (TPSA) is 28.7 Å². The van der Waals surface area contributed by atoms with Crippen LogP contribution in [0, 0.1) is 11.6 Å². The Labute approximate surface area is 99.1 Å². The van der Waals surface area contributed by atoms with Gasteiger partial charge in [-0.15, -0.1) is 0 Å². The second-order valence-corrected chi connectivity index (χ2v) is 4.25. The van der Waals surface area contributed by atoms with Crippen LogP contribution in [0.25, 0.3) is 11.0 Å². The lowest BCUT2D eigenvalue weighted by molar-refractivity contribution is 0.515. The molecule has 0 spiro atoms. The summed E-state index contributed by atoms with van der Waals surface area (Å²) in [5.41, 5.74) is 0.671. The number of nitrogens with zero attached hydrogens (tertiary/aromatic N) is 1. The molecule has 0 unspecified atom stereocenters. The van der Waals surface area contributed by atoms with Gasteiger partial charge in [-0.05, 0) is 18.6 Å².